The predicted molar refractivity (Wildman–Crippen MR) is 68.9 cm³/mol. The van der Waals surface area contributed by atoms with Gasteiger partial charge in [0.2, 0.25) is 0 Å². The fraction of sp³-hybridized carbons (Fsp3) is 0.133. The van der Waals surface area contributed by atoms with Crippen LogP contribution in [-0.2, 0) is 11.4 Å². The number of benzene rings is 2. The van der Waals surface area contributed by atoms with Gasteiger partial charge >= 0.3 is 0 Å². The Kier molecular flexibility index (Phi) is 4.07. The van der Waals surface area contributed by atoms with Crippen LogP contribution in [0.1, 0.15) is 16.7 Å². The van der Waals surface area contributed by atoms with Gasteiger partial charge in [0, 0.05) is 5.56 Å². The average molecular weight is 242 g/mol. The number of aryl methyl sites for hydroxylation is 1. The first-order valence-corrected chi connectivity index (χ1v) is 5.64. The van der Waals surface area contributed by atoms with E-state index in [9.17, 15) is 4.39 Å². The highest BCUT2D eigenvalue weighted by Crippen LogP contribution is 2.06. The summed E-state index contributed by atoms with van der Waals surface area (Å²) < 4.78 is 13.2. The molecule has 91 valence electrons. The maximum absolute atomic E-state index is 13.2. The molecule has 0 heterocycles. The zero-order valence-corrected chi connectivity index (χ0v) is 10.1. The normalized spacial score (nSPS) is 10.8. The van der Waals surface area contributed by atoms with Crippen molar-refractivity contribution in [3.8, 4) is 0 Å². The van der Waals surface area contributed by atoms with Crippen LogP contribution in [0.5, 0.6) is 0 Å². The molecule has 2 aromatic rings. The Morgan fingerprint density at radius 2 is 1.83 bits per heavy atom. The van der Waals surface area contributed by atoms with E-state index in [1.54, 1.807) is 18.2 Å². The van der Waals surface area contributed by atoms with Gasteiger partial charge in [0.05, 0.1) is 0 Å². The van der Waals surface area contributed by atoms with Crippen LogP contribution in [0.4, 0.5) is 4.39 Å². The van der Waals surface area contributed by atoms with Gasteiger partial charge in [-0.1, -0.05) is 47.1 Å². The van der Waals surface area contributed by atoms with E-state index in [4.69, 9.17) is 4.84 Å². The summed E-state index contributed by atoms with van der Waals surface area (Å²) in [4.78, 5) is 5.07. The number of rotatable bonds is 4. The third-order valence-electron chi connectivity index (χ3n) is 2.46. The first-order chi connectivity index (χ1) is 8.75. The van der Waals surface area contributed by atoms with E-state index >= 15 is 0 Å². The standard InChI is InChI=1S/C15H13FNO/c1-12-6-8-13(9-7-12)11-18-17-10-14-4-2-3-5-15(14)16/h2-9H,11H2,1H3. The number of halogens is 1. The van der Waals surface area contributed by atoms with Gasteiger partial charge in [-0.2, -0.15) is 0 Å². The molecule has 0 saturated carbocycles. The fourth-order valence-electron chi connectivity index (χ4n) is 1.42. The zero-order valence-electron chi connectivity index (χ0n) is 10.1. The van der Waals surface area contributed by atoms with E-state index in [2.05, 4.69) is 11.4 Å². The topological polar surface area (TPSA) is 21.6 Å². The lowest BCUT2D eigenvalue weighted by Gasteiger charge is -2.00. The summed E-state index contributed by atoms with van der Waals surface area (Å²) >= 11 is 0. The Labute approximate surface area is 106 Å². The third kappa shape index (κ3) is 3.42. The molecule has 0 atom stereocenters. The molecule has 2 rings (SSSR count). The van der Waals surface area contributed by atoms with Crippen molar-refractivity contribution in [2.75, 3.05) is 0 Å². The van der Waals surface area contributed by atoms with Crippen LogP contribution < -0.4 is 0 Å². The Morgan fingerprint density at radius 3 is 2.56 bits per heavy atom. The monoisotopic (exact) mass is 242 g/mol. The minimum absolute atomic E-state index is 0.293. The number of nitrogens with zero attached hydrogens (tertiary/aromatic N) is 1. The minimum atomic E-state index is -0.361. The molecular weight excluding hydrogens is 229 g/mol. The zero-order chi connectivity index (χ0) is 12.8. The highest BCUT2D eigenvalue weighted by molar-refractivity contribution is 5.79. The third-order valence-corrected chi connectivity index (χ3v) is 2.46. The molecule has 0 N–H and O–H groups in total. The van der Waals surface area contributed by atoms with Gasteiger partial charge in [-0.25, -0.2) is 4.39 Å². The lowest BCUT2D eigenvalue weighted by atomic mass is 10.2. The van der Waals surface area contributed by atoms with Crippen molar-refractivity contribution < 1.29 is 9.23 Å². The Balaban J connectivity index is 1.89. The molecule has 0 aromatic heterocycles. The van der Waals surface area contributed by atoms with Crippen LogP contribution in [0.2, 0.25) is 0 Å². The summed E-state index contributed by atoms with van der Waals surface area (Å²) in [5, 5.41) is 3.63. The van der Waals surface area contributed by atoms with E-state index in [0.717, 1.165) is 5.56 Å². The molecule has 3 heteroatoms. The Morgan fingerprint density at radius 1 is 1.11 bits per heavy atom. The first kappa shape index (κ1) is 12.3. The SMILES string of the molecule is Cc1ccc(CO/N=[C]\c2ccccc2F)cc1. The van der Waals surface area contributed by atoms with Gasteiger partial charge in [-0.3, -0.25) is 0 Å². The summed E-state index contributed by atoms with van der Waals surface area (Å²) in [6.07, 6.45) is 2.52. The average Bonchev–Trinajstić information content (AvgIpc) is 2.39. The van der Waals surface area contributed by atoms with Gasteiger partial charge in [-0.15, -0.1) is 0 Å². The van der Waals surface area contributed by atoms with Crippen molar-refractivity contribution >= 4 is 6.21 Å². The second-order valence-electron chi connectivity index (χ2n) is 3.94. The number of hydrogen-bond donors (Lipinski definition) is 0. The van der Waals surface area contributed by atoms with E-state index in [1.165, 1.54) is 11.6 Å². The Hall–Kier alpha value is -2.16. The predicted octanol–water partition coefficient (Wildman–Crippen LogP) is 3.56. The fourth-order valence-corrected chi connectivity index (χ4v) is 1.42. The molecule has 0 spiro atoms. The molecular formula is C15H13FNO. The highest BCUT2D eigenvalue weighted by atomic mass is 19.1. The van der Waals surface area contributed by atoms with Crippen LogP contribution >= 0.6 is 0 Å². The molecule has 1 radical (unpaired) electrons. The highest BCUT2D eigenvalue weighted by Gasteiger charge is 1.97. The van der Waals surface area contributed by atoms with Gasteiger partial charge in [-0.05, 0) is 24.6 Å². The molecule has 0 bridgehead atoms. The van der Waals surface area contributed by atoms with E-state index in [1.807, 2.05) is 31.2 Å². The van der Waals surface area contributed by atoms with Gasteiger partial charge in [0.1, 0.15) is 18.6 Å². The Bertz CT molecular complexity index is 534. The lowest BCUT2D eigenvalue weighted by Crippen LogP contribution is -1.90. The van der Waals surface area contributed by atoms with Gasteiger partial charge in [0.15, 0.2) is 0 Å². The summed E-state index contributed by atoms with van der Waals surface area (Å²) in [6, 6.07) is 14.2. The van der Waals surface area contributed by atoms with Crippen molar-refractivity contribution in [1.29, 1.82) is 0 Å². The largest absolute Gasteiger partial charge is 0.390 e. The molecule has 2 nitrogen and oxygen atoms in total. The summed E-state index contributed by atoms with van der Waals surface area (Å²) in [5.74, 6) is -0.361. The smallest absolute Gasteiger partial charge is 0.142 e. The van der Waals surface area contributed by atoms with Crippen molar-refractivity contribution in [3.63, 3.8) is 0 Å². The maximum Gasteiger partial charge on any atom is 0.142 e. The van der Waals surface area contributed by atoms with Crippen LogP contribution in [-0.4, -0.2) is 6.21 Å². The van der Waals surface area contributed by atoms with E-state index in [0.29, 0.717) is 12.2 Å². The van der Waals surface area contributed by atoms with Crippen molar-refractivity contribution in [1.82, 2.24) is 0 Å². The van der Waals surface area contributed by atoms with Crippen LogP contribution in [0.15, 0.2) is 53.7 Å². The van der Waals surface area contributed by atoms with E-state index in [-0.39, 0.29) is 5.82 Å². The first-order valence-electron chi connectivity index (χ1n) is 5.64. The molecule has 2 aromatic carbocycles. The quantitative estimate of drug-likeness (QED) is 0.593. The molecule has 0 aliphatic rings. The molecule has 0 unspecified atom stereocenters. The maximum atomic E-state index is 13.2. The van der Waals surface area contributed by atoms with Crippen LogP contribution in [0.25, 0.3) is 0 Å². The van der Waals surface area contributed by atoms with Gasteiger partial charge in [0.25, 0.3) is 0 Å². The summed E-state index contributed by atoms with van der Waals surface area (Å²) in [5.41, 5.74) is 2.50. The molecule has 0 aliphatic heterocycles. The summed E-state index contributed by atoms with van der Waals surface area (Å²) in [7, 11) is 0. The van der Waals surface area contributed by atoms with Crippen LogP contribution in [0.3, 0.4) is 0 Å². The van der Waals surface area contributed by atoms with Crippen molar-refractivity contribution in [2.45, 2.75) is 13.5 Å². The van der Waals surface area contributed by atoms with Crippen molar-refractivity contribution in [3.05, 3.63) is 71.0 Å². The molecule has 0 aliphatic carbocycles. The lowest BCUT2D eigenvalue weighted by molar-refractivity contribution is 0.132. The van der Waals surface area contributed by atoms with Crippen molar-refractivity contribution in [2.24, 2.45) is 5.16 Å². The van der Waals surface area contributed by atoms with E-state index < -0.39 is 0 Å². The number of hydrogen-bond acceptors (Lipinski definition) is 2. The van der Waals surface area contributed by atoms with Gasteiger partial charge < -0.3 is 4.84 Å². The second kappa shape index (κ2) is 5.96. The molecule has 0 saturated heterocycles. The minimum Gasteiger partial charge on any atom is -0.390 e. The molecule has 0 amide bonds. The molecule has 0 fully saturated rings. The summed E-state index contributed by atoms with van der Waals surface area (Å²) in [6.45, 7) is 2.37. The second-order valence-corrected chi connectivity index (χ2v) is 3.94. The van der Waals surface area contributed by atoms with Crippen LogP contribution in [0, 0.1) is 12.7 Å². The molecule has 18 heavy (non-hydrogen) atoms.